The van der Waals surface area contributed by atoms with Crippen LogP contribution in [0.15, 0.2) is 102 Å². The molecule has 4 aromatic rings. The summed E-state index contributed by atoms with van der Waals surface area (Å²) in [6.07, 6.45) is 1.16. The Balaban J connectivity index is 1.63. The van der Waals surface area contributed by atoms with Crippen molar-refractivity contribution in [2.75, 3.05) is 7.11 Å². The van der Waals surface area contributed by atoms with Crippen molar-refractivity contribution in [3.63, 3.8) is 0 Å². The van der Waals surface area contributed by atoms with Gasteiger partial charge in [-0.25, -0.2) is 0 Å². The molecule has 0 atom stereocenters. The molecular formula is C27H24ClNO4. The molecule has 0 bridgehead atoms. The topological polar surface area (TPSA) is 49.7 Å². The molecule has 0 radical (unpaired) electrons. The van der Waals surface area contributed by atoms with E-state index >= 15 is 0 Å². The Hall–Kier alpha value is -3.70. The number of methoxy groups -OCH3 is 1. The van der Waals surface area contributed by atoms with Crippen molar-refractivity contribution in [2.24, 2.45) is 0 Å². The number of benzene rings is 3. The maximum Gasteiger partial charge on any atom is 0.223 e. The fourth-order valence-electron chi connectivity index (χ4n) is 3.41. The molecule has 0 spiro atoms. The first kappa shape index (κ1) is 22.5. The van der Waals surface area contributed by atoms with E-state index in [1.54, 1.807) is 13.3 Å². The zero-order valence-electron chi connectivity index (χ0n) is 18.2. The fourth-order valence-corrected chi connectivity index (χ4v) is 3.60. The predicted molar refractivity (Wildman–Crippen MR) is 129 cm³/mol. The average molecular weight is 462 g/mol. The monoisotopic (exact) mass is 461 g/mol. The second kappa shape index (κ2) is 10.7. The molecule has 1 heterocycles. The van der Waals surface area contributed by atoms with Crippen molar-refractivity contribution in [3.05, 3.63) is 130 Å². The summed E-state index contributed by atoms with van der Waals surface area (Å²) in [5.74, 6) is 1.05. The maximum atomic E-state index is 12.6. The van der Waals surface area contributed by atoms with Crippen molar-refractivity contribution in [1.29, 1.82) is 0 Å². The van der Waals surface area contributed by atoms with Gasteiger partial charge in [0.25, 0.3) is 0 Å². The molecule has 168 valence electrons. The summed E-state index contributed by atoms with van der Waals surface area (Å²) < 4.78 is 12.5. The van der Waals surface area contributed by atoms with Crippen LogP contribution >= 0.6 is 11.6 Å². The number of ether oxygens (including phenoxy) is 2. The third-order valence-electron chi connectivity index (χ3n) is 5.17. The number of hydrogen-bond donors (Lipinski definition) is 0. The van der Waals surface area contributed by atoms with E-state index in [9.17, 15) is 4.79 Å². The number of alkyl halides is 1. The Labute approximate surface area is 197 Å². The molecule has 1 aromatic heterocycles. The molecular weight excluding hydrogens is 438 g/mol. The average Bonchev–Trinajstić information content (AvgIpc) is 2.88. The van der Waals surface area contributed by atoms with Crippen molar-refractivity contribution >= 4 is 11.6 Å². The van der Waals surface area contributed by atoms with Crippen molar-refractivity contribution in [2.45, 2.75) is 18.6 Å². The zero-order valence-corrected chi connectivity index (χ0v) is 18.9. The first-order chi connectivity index (χ1) is 16.2. The van der Waals surface area contributed by atoms with Crippen LogP contribution in [0.25, 0.3) is 0 Å². The lowest BCUT2D eigenvalue weighted by Gasteiger charge is -2.23. The van der Waals surface area contributed by atoms with Crippen molar-refractivity contribution in [3.8, 4) is 11.5 Å². The largest absolute Gasteiger partial charge is 0.497 e. The normalized spacial score (nSPS) is 10.8. The molecule has 0 unspecified atom stereocenters. The number of nitrogens with zero attached hydrogens (tertiary/aromatic N) is 1. The minimum Gasteiger partial charge on any atom is -0.497 e. The molecule has 5 nitrogen and oxygen atoms in total. The Morgan fingerprint density at radius 3 is 2.03 bits per heavy atom. The lowest BCUT2D eigenvalue weighted by Crippen LogP contribution is -2.24. The van der Waals surface area contributed by atoms with Gasteiger partial charge in [-0.15, -0.1) is 11.6 Å². The van der Waals surface area contributed by atoms with Gasteiger partial charge in [-0.05, 0) is 28.8 Å². The Bertz CT molecular complexity index is 1190. The highest BCUT2D eigenvalue weighted by Gasteiger charge is 2.18. The molecule has 0 saturated carbocycles. The van der Waals surface area contributed by atoms with Crippen LogP contribution in [-0.4, -0.2) is 11.8 Å². The van der Waals surface area contributed by atoms with Gasteiger partial charge in [-0.2, -0.15) is 4.73 Å². The first-order valence-corrected chi connectivity index (χ1v) is 11.1. The van der Waals surface area contributed by atoms with E-state index in [2.05, 4.69) is 0 Å². The fraction of sp³-hybridized carbons (Fsp3) is 0.148. The molecule has 0 fully saturated rings. The predicted octanol–water partition coefficient (Wildman–Crippen LogP) is 5.39. The van der Waals surface area contributed by atoms with Crippen LogP contribution in [0.5, 0.6) is 11.5 Å². The smallest absolute Gasteiger partial charge is 0.223 e. The second-order valence-electron chi connectivity index (χ2n) is 7.40. The van der Waals surface area contributed by atoms with E-state index < -0.39 is 6.10 Å². The van der Waals surface area contributed by atoms with Crippen molar-refractivity contribution in [1.82, 2.24) is 4.73 Å². The van der Waals surface area contributed by atoms with E-state index in [-0.39, 0.29) is 23.7 Å². The lowest BCUT2D eigenvalue weighted by atomic mass is 10.0. The highest BCUT2D eigenvalue weighted by molar-refractivity contribution is 6.16. The van der Waals surface area contributed by atoms with Gasteiger partial charge in [0.15, 0.2) is 11.9 Å². The SMILES string of the molecule is COc1ccc(COc2cn(OC(c3ccccc3)c3ccccc3)c(CCl)cc2=O)cc1. The highest BCUT2D eigenvalue weighted by Crippen LogP contribution is 2.24. The van der Waals surface area contributed by atoms with Gasteiger partial charge in [-0.3, -0.25) is 4.79 Å². The lowest BCUT2D eigenvalue weighted by molar-refractivity contribution is 0.0532. The van der Waals surface area contributed by atoms with Gasteiger partial charge in [0.2, 0.25) is 5.43 Å². The number of pyridine rings is 1. The third-order valence-corrected chi connectivity index (χ3v) is 5.45. The molecule has 0 aliphatic carbocycles. The summed E-state index contributed by atoms with van der Waals surface area (Å²) in [5.41, 5.74) is 3.15. The summed E-state index contributed by atoms with van der Waals surface area (Å²) in [7, 11) is 1.62. The van der Waals surface area contributed by atoms with Gasteiger partial charge >= 0.3 is 0 Å². The number of aromatic nitrogens is 1. The maximum absolute atomic E-state index is 12.6. The summed E-state index contributed by atoms with van der Waals surface area (Å²) in [4.78, 5) is 19.0. The van der Waals surface area contributed by atoms with Crippen LogP contribution in [0.1, 0.15) is 28.5 Å². The van der Waals surface area contributed by atoms with Crippen LogP contribution in [0.3, 0.4) is 0 Å². The third kappa shape index (κ3) is 5.57. The van der Waals surface area contributed by atoms with Gasteiger partial charge < -0.3 is 14.3 Å². The minimum absolute atomic E-state index is 0.115. The van der Waals surface area contributed by atoms with E-state index in [1.807, 2.05) is 84.9 Å². The Morgan fingerprint density at radius 1 is 0.879 bits per heavy atom. The highest BCUT2D eigenvalue weighted by atomic mass is 35.5. The first-order valence-electron chi connectivity index (χ1n) is 10.5. The second-order valence-corrected chi connectivity index (χ2v) is 7.66. The summed E-state index contributed by atoms with van der Waals surface area (Å²) in [6.45, 7) is 0.236. The molecule has 4 rings (SSSR count). The molecule has 0 aliphatic rings. The quantitative estimate of drug-likeness (QED) is 0.313. The molecule has 0 saturated heterocycles. The molecule has 6 heteroatoms. The minimum atomic E-state index is -0.397. The summed E-state index contributed by atoms with van der Waals surface area (Å²) >= 11 is 6.14. The summed E-state index contributed by atoms with van der Waals surface area (Å²) in [5, 5.41) is 0. The summed E-state index contributed by atoms with van der Waals surface area (Å²) in [6, 6.07) is 28.7. The number of hydrogen-bond acceptors (Lipinski definition) is 4. The van der Waals surface area contributed by atoms with Crippen LogP contribution in [0.4, 0.5) is 0 Å². The molecule has 33 heavy (non-hydrogen) atoms. The van der Waals surface area contributed by atoms with E-state index in [4.69, 9.17) is 25.9 Å². The van der Waals surface area contributed by atoms with E-state index in [0.29, 0.717) is 5.69 Å². The van der Waals surface area contributed by atoms with E-state index in [1.165, 1.54) is 10.8 Å². The van der Waals surface area contributed by atoms with Crippen LogP contribution < -0.4 is 19.7 Å². The molecule has 0 aliphatic heterocycles. The van der Waals surface area contributed by atoms with Crippen molar-refractivity contribution < 1.29 is 14.3 Å². The van der Waals surface area contributed by atoms with E-state index in [0.717, 1.165) is 22.4 Å². The number of rotatable bonds is 9. The Kier molecular flexibility index (Phi) is 7.33. The Morgan fingerprint density at radius 2 is 1.48 bits per heavy atom. The molecule has 0 N–H and O–H groups in total. The standard InChI is InChI=1S/C27H24ClNO4/c1-31-24-14-12-20(13-15-24)19-32-26-18-29(23(17-28)16-25(26)30)33-27(21-8-4-2-5-9-21)22-10-6-3-7-11-22/h2-16,18,27H,17,19H2,1H3. The molecule has 0 amide bonds. The van der Waals surface area contributed by atoms with Crippen LogP contribution in [0.2, 0.25) is 0 Å². The van der Waals surface area contributed by atoms with Gasteiger partial charge in [0.05, 0.1) is 24.9 Å². The van der Waals surface area contributed by atoms with Gasteiger partial charge in [0.1, 0.15) is 12.4 Å². The molecule has 3 aromatic carbocycles. The van der Waals surface area contributed by atoms with Crippen LogP contribution in [-0.2, 0) is 12.5 Å². The van der Waals surface area contributed by atoms with Crippen LogP contribution in [0, 0.1) is 0 Å². The number of halogens is 1. The van der Waals surface area contributed by atoms with Gasteiger partial charge in [0, 0.05) is 6.07 Å². The zero-order chi connectivity index (χ0) is 23.0. The van der Waals surface area contributed by atoms with Gasteiger partial charge in [-0.1, -0.05) is 72.8 Å².